The highest BCUT2D eigenvalue weighted by atomic mass is 32.1. The molecule has 0 saturated heterocycles. The van der Waals surface area contributed by atoms with Crippen molar-refractivity contribution >= 4 is 40.6 Å². The van der Waals surface area contributed by atoms with Gasteiger partial charge in [-0.25, -0.2) is 0 Å². The van der Waals surface area contributed by atoms with Crippen molar-refractivity contribution < 1.29 is 9.53 Å². The standard InChI is InChI=1S/C27H23N3O2S/c1-32-27(31)16-11-20-9-14-23(15-10-20)29-18-25(22-12-7-21(17-28)8-13-22)30(26(29)19-33)24-5-3-2-4-6-24/h2-10,12-15,18-19,26H,11,16H2,1H3. The number of methoxy groups -OCH3 is 1. The molecule has 0 bridgehead atoms. The van der Waals surface area contributed by atoms with E-state index in [0.717, 1.165) is 28.2 Å². The first-order valence-corrected chi connectivity index (χ1v) is 11.1. The van der Waals surface area contributed by atoms with Crippen LogP contribution >= 0.6 is 12.2 Å². The molecule has 0 fully saturated rings. The third kappa shape index (κ3) is 4.79. The lowest BCUT2D eigenvalue weighted by Crippen LogP contribution is -2.40. The molecule has 5 nitrogen and oxygen atoms in total. The summed E-state index contributed by atoms with van der Waals surface area (Å²) < 4.78 is 4.73. The fourth-order valence-electron chi connectivity index (χ4n) is 3.88. The number of anilines is 2. The SMILES string of the molecule is COC(=O)CCc1ccc(N2C=C(c3ccc(C#N)cc3)N(c3ccccc3)C2C=S)cc1. The minimum atomic E-state index is -0.215. The van der Waals surface area contributed by atoms with Crippen LogP contribution in [-0.2, 0) is 16.0 Å². The van der Waals surface area contributed by atoms with E-state index in [9.17, 15) is 10.1 Å². The van der Waals surface area contributed by atoms with E-state index in [1.807, 2.05) is 66.7 Å². The van der Waals surface area contributed by atoms with Gasteiger partial charge in [-0.15, -0.1) is 0 Å². The van der Waals surface area contributed by atoms with Crippen molar-refractivity contribution in [1.82, 2.24) is 0 Å². The van der Waals surface area contributed by atoms with Crippen LogP contribution in [0.1, 0.15) is 23.1 Å². The van der Waals surface area contributed by atoms with Crippen LogP contribution in [0, 0.1) is 11.3 Å². The number of hydrogen-bond donors (Lipinski definition) is 0. The van der Waals surface area contributed by atoms with Crippen LogP contribution < -0.4 is 9.80 Å². The molecule has 1 aliphatic rings. The second-order valence-electron chi connectivity index (χ2n) is 7.61. The average Bonchev–Trinajstić information content (AvgIpc) is 3.27. The molecule has 1 unspecified atom stereocenters. The van der Waals surface area contributed by atoms with Gasteiger partial charge in [-0.3, -0.25) is 4.79 Å². The van der Waals surface area contributed by atoms with Crippen molar-refractivity contribution in [1.29, 1.82) is 5.26 Å². The first-order chi connectivity index (χ1) is 16.1. The first-order valence-electron chi connectivity index (χ1n) is 10.6. The zero-order valence-corrected chi connectivity index (χ0v) is 19.0. The smallest absolute Gasteiger partial charge is 0.305 e. The lowest BCUT2D eigenvalue weighted by atomic mass is 10.1. The number of carbonyl (C=O) groups excluding carboxylic acids is 1. The molecule has 0 amide bonds. The molecule has 0 aromatic heterocycles. The summed E-state index contributed by atoms with van der Waals surface area (Å²) in [6.45, 7) is 0. The molecule has 0 saturated carbocycles. The number of benzene rings is 3. The van der Waals surface area contributed by atoms with Gasteiger partial charge in [-0.2, -0.15) is 5.26 Å². The van der Waals surface area contributed by atoms with Gasteiger partial charge in [0.1, 0.15) is 6.17 Å². The topological polar surface area (TPSA) is 56.6 Å². The third-order valence-corrected chi connectivity index (χ3v) is 5.86. The van der Waals surface area contributed by atoms with E-state index in [2.05, 4.69) is 34.2 Å². The average molecular weight is 454 g/mol. The Hall–Kier alpha value is -3.95. The Balaban J connectivity index is 1.70. The fourth-order valence-corrected chi connectivity index (χ4v) is 4.14. The van der Waals surface area contributed by atoms with E-state index in [4.69, 9.17) is 17.0 Å². The maximum atomic E-state index is 11.4. The van der Waals surface area contributed by atoms with Gasteiger partial charge < -0.3 is 14.5 Å². The number of aryl methyl sites for hydroxylation is 1. The van der Waals surface area contributed by atoms with Crippen molar-refractivity contribution in [3.8, 4) is 6.07 Å². The number of carbonyl (C=O) groups is 1. The number of nitrogens with zero attached hydrogens (tertiary/aromatic N) is 3. The van der Waals surface area contributed by atoms with E-state index >= 15 is 0 Å². The summed E-state index contributed by atoms with van der Waals surface area (Å²) in [6, 6.07) is 28.0. The monoisotopic (exact) mass is 453 g/mol. The molecule has 1 atom stereocenters. The summed E-state index contributed by atoms with van der Waals surface area (Å²) in [6.07, 6.45) is 2.87. The Morgan fingerprint density at radius 2 is 1.73 bits per heavy atom. The van der Waals surface area contributed by atoms with Crippen LogP contribution in [0.5, 0.6) is 0 Å². The molecule has 164 valence electrons. The van der Waals surface area contributed by atoms with E-state index in [1.165, 1.54) is 7.11 Å². The summed E-state index contributed by atoms with van der Waals surface area (Å²) in [5.41, 5.74) is 5.69. The van der Waals surface area contributed by atoms with E-state index in [0.29, 0.717) is 18.4 Å². The van der Waals surface area contributed by atoms with Gasteiger partial charge in [0.25, 0.3) is 0 Å². The molecule has 33 heavy (non-hydrogen) atoms. The molecule has 4 rings (SSSR count). The Labute approximate surface area is 199 Å². The molecule has 1 aliphatic heterocycles. The molecule has 0 N–H and O–H groups in total. The van der Waals surface area contributed by atoms with Crippen molar-refractivity contribution in [3.63, 3.8) is 0 Å². The lowest BCUT2D eigenvalue weighted by molar-refractivity contribution is -0.140. The molecule has 6 heteroatoms. The predicted octanol–water partition coefficient (Wildman–Crippen LogP) is 5.31. The van der Waals surface area contributed by atoms with Gasteiger partial charge in [-0.05, 0) is 53.9 Å². The largest absolute Gasteiger partial charge is 0.469 e. The highest BCUT2D eigenvalue weighted by Gasteiger charge is 2.33. The van der Waals surface area contributed by atoms with Crippen LogP contribution in [0.15, 0.2) is 85.1 Å². The van der Waals surface area contributed by atoms with Gasteiger partial charge in [-0.1, -0.05) is 54.7 Å². The zero-order chi connectivity index (χ0) is 23.2. The zero-order valence-electron chi connectivity index (χ0n) is 18.2. The van der Waals surface area contributed by atoms with Crippen molar-refractivity contribution in [2.45, 2.75) is 19.0 Å². The first kappa shape index (κ1) is 22.3. The van der Waals surface area contributed by atoms with Crippen molar-refractivity contribution in [2.75, 3.05) is 16.9 Å². The summed E-state index contributed by atoms with van der Waals surface area (Å²) in [5, 5.41) is 10.9. The third-order valence-electron chi connectivity index (χ3n) is 5.62. The molecule has 0 radical (unpaired) electrons. The Morgan fingerprint density at radius 1 is 1.03 bits per heavy atom. The molecule has 1 heterocycles. The molecule has 0 aliphatic carbocycles. The lowest BCUT2D eigenvalue weighted by Gasteiger charge is -2.31. The van der Waals surface area contributed by atoms with Crippen molar-refractivity contribution in [2.24, 2.45) is 0 Å². The second kappa shape index (κ2) is 10.1. The summed E-state index contributed by atoms with van der Waals surface area (Å²) >= 11 is 5.48. The minimum absolute atomic E-state index is 0.200. The maximum absolute atomic E-state index is 11.4. The van der Waals surface area contributed by atoms with Gasteiger partial charge in [0.2, 0.25) is 0 Å². The molecule has 3 aromatic rings. The van der Waals surface area contributed by atoms with Crippen molar-refractivity contribution in [3.05, 3.63) is 102 Å². The van der Waals surface area contributed by atoms with E-state index < -0.39 is 0 Å². The maximum Gasteiger partial charge on any atom is 0.305 e. The summed E-state index contributed by atoms with van der Waals surface area (Å²) in [7, 11) is 1.40. The van der Waals surface area contributed by atoms with Gasteiger partial charge in [0.15, 0.2) is 0 Å². The fraction of sp³-hybridized carbons (Fsp3) is 0.148. The number of thiocarbonyl (C=S) groups is 1. The Kier molecular flexibility index (Phi) is 6.82. The quantitative estimate of drug-likeness (QED) is 0.357. The van der Waals surface area contributed by atoms with Gasteiger partial charge in [0, 0.05) is 29.4 Å². The molecular formula is C27H23N3O2S. The summed E-state index contributed by atoms with van der Waals surface area (Å²) in [4.78, 5) is 15.8. The highest BCUT2D eigenvalue weighted by Crippen LogP contribution is 2.37. The van der Waals surface area contributed by atoms with Crippen LogP contribution in [0.3, 0.4) is 0 Å². The van der Waals surface area contributed by atoms with Crippen LogP contribution in [-0.4, -0.2) is 24.6 Å². The van der Waals surface area contributed by atoms with E-state index in [-0.39, 0.29) is 12.1 Å². The molecular weight excluding hydrogens is 430 g/mol. The summed E-state index contributed by atoms with van der Waals surface area (Å²) in [5.74, 6) is -0.215. The normalized spacial score (nSPS) is 15.0. The Bertz CT molecular complexity index is 1200. The number of esters is 1. The number of para-hydroxylation sites is 1. The predicted molar refractivity (Wildman–Crippen MR) is 135 cm³/mol. The number of ether oxygens (including phenoxy) is 1. The second-order valence-corrected chi connectivity index (χ2v) is 7.88. The Morgan fingerprint density at radius 3 is 2.33 bits per heavy atom. The number of hydrogen-bond acceptors (Lipinski definition) is 6. The van der Waals surface area contributed by atoms with Crippen LogP contribution in [0.25, 0.3) is 5.70 Å². The molecule has 3 aromatic carbocycles. The number of rotatable bonds is 7. The van der Waals surface area contributed by atoms with Crippen LogP contribution in [0.4, 0.5) is 11.4 Å². The molecule has 0 spiro atoms. The number of nitriles is 1. The van der Waals surface area contributed by atoms with E-state index in [1.54, 1.807) is 5.37 Å². The van der Waals surface area contributed by atoms with Crippen LogP contribution in [0.2, 0.25) is 0 Å². The highest BCUT2D eigenvalue weighted by molar-refractivity contribution is 7.79. The minimum Gasteiger partial charge on any atom is -0.469 e. The van der Waals surface area contributed by atoms with Gasteiger partial charge >= 0.3 is 5.97 Å². The van der Waals surface area contributed by atoms with Gasteiger partial charge in [0.05, 0.1) is 24.4 Å².